The number of piperazine rings is 1. The van der Waals surface area contributed by atoms with Crippen molar-refractivity contribution in [3.63, 3.8) is 0 Å². The molecule has 0 aromatic heterocycles. The molecule has 2 saturated heterocycles. The summed E-state index contributed by atoms with van der Waals surface area (Å²) in [5.41, 5.74) is 0.0964. The Balaban J connectivity index is 1.56. The lowest BCUT2D eigenvalue weighted by Crippen LogP contribution is -2.56. The Morgan fingerprint density at radius 2 is 1.65 bits per heavy atom. The number of carbonyl (C=O) groups excluding carboxylic acids is 2. The van der Waals surface area contributed by atoms with Crippen molar-refractivity contribution in [1.29, 1.82) is 0 Å². The van der Waals surface area contributed by atoms with Gasteiger partial charge in [-0.15, -0.1) is 0 Å². The molecule has 1 aromatic rings. The lowest BCUT2D eigenvalue weighted by molar-refractivity contribution is -0.137. The molecule has 0 bridgehead atoms. The molecule has 2 heterocycles. The number of halogens is 2. The number of hydrogen-bond donors (Lipinski definition) is 0. The average Bonchev–Trinajstić information content (AvgIpc) is 2.67. The fraction of sp³-hybridized carbons (Fsp3) is 0.579. The zero-order chi connectivity index (χ0) is 18.7. The smallest absolute Gasteiger partial charge is 0.256 e. The Labute approximate surface area is 162 Å². The highest BCUT2D eigenvalue weighted by Crippen LogP contribution is 2.19. The second kappa shape index (κ2) is 8.48. The summed E-state index contributed by atoms with van der Waals surface area (Å²) in [6.45, 7) is 5.92. The van der Waals surface area contributed by atoms with Crippen molar-refractivity contribution in [3.05, 3.63) is 34.1 Å². The van der Waals surface area contributed by atoms with Crippen LogP contribution in [0.4, 0.5) is 4.39 Å². The Bertz CT molecular complexity index is 671. The zero-order valence-corrected chi connectivity index (χ0v) is 16.7. The van der Waals surface area contributed by atoms with Crippen LogP contribution < -0.4 is 0 Å². The van der Waals surface area contributed by atoms with Crippen LogP contribution in [0, 0.1) is 5.82 Å². The molecule has 2 amide bonds. The number of carbonyl (C=O) groups is 2. The molecular weight excluding hydrogens is 401 g/mol. The molecule has 2 aliphatic rings. The molecule has 1 atom stereocenters. The Morgan fingerprint density at radius 1 is 1.00 bits per heavy atom. The first-order chi connectivity index (χ1) is 12.5. The number of nitrogens with zero attached hydrogens (tertiary/aromatic N) is 3. The number of piperidine rings is 1. The second-order valence-corrected chi connectivity index (χ2v) is 7.93. The predicted octanol–water partition coefficient (Wildman–Crippen LogP) is 2.75. The summed E-state index contributed by atoms with van der Waals surface area (Å²) >= 11 is 3.20. The van der Waals surface area contributed by atoms with Crippen LogP contribution in [0.15, 0.2) is 22.7 Å². The highest BCUT2D eigenvalue weighted by molar-refractivity contribution is 9.10. The molecule has 2 aliphatic heterocycles. The fourth-order valence-corrected chi connectivity index (χ4v) is 4.01. The van der Waals surface area contributed by atoms with Gasteiger partial charge in [0.15, 0.2) is 0 Å². The molecule has 2 fully saturated rings. The summed E-state index contributed by atoms with van der Waals surface area (Å²) in [6.07, 6.45) is 3.37. The summed E-state index contributed by atoms with van der Waals surface area (Å²) < 4.78 is 14.6. The average molecular weight is 426 g/mol. The van der Waals surface area contributed by atoms with Crippen LogP contribution in [0.25, 0.3) is 0 Å². The van der Waals surface area contributed by atoms with Crippen molar-refractivity contribution in [2.75, 3.05) is 39.3 Å². The number of benzene rings is 1. The van der Waals surface area contributed by atoms with Crippen LogP contribution in [-0.2, 0) is 4.79 Å². The Hall–Kier alpha value is -1.47. The maximum Gasteiger partial charge on any atom is 0.256 e. The van der Waals surface area contributed by atoms with Gasteiger partial charge in [0.1, 0.15) is 5.82 Å². The van der Waals surface area contributed by atoms with Crippen molar-refractivity contribution in [1.82, 2.24) is 14.7 Å². The molecule has 5 nitrogen and oxygen atoms in total. The van der Waals surface area contributed by atoms with E-state index >= 15 is 0 Å². The largest absolute Gasteiger partial charge is 0.341 e. The lowest BCUT2D eigenvalue weighted by Gasteiger charge is -2.39. The van der Waals surface area contributed by atoms with E-state index in [0.29, 0.717) is 30.7 Å². The maximum absolute atomic E-state index is 14.0. The zero-order valence-electron chi connectivity index (χ0n) is 15.1. The predicted molar refractivity (Wildman–Crippen MR) is 101 cm³/mol. The maximum atomic E-state index is 14.0. The number of amides is 2. The topological polar surface area (TPSA) is 43.9 Å². The minimum atomic E-state index is -0.513. The number of hydrogen-bond acceptors (Lipinski definition) is 3. The Kier molecular flexibility index (Phi) is 6.29. The van der Waals surface area contributed by atoms with Gasteiger partial charge in [-0.25, -0.2) is 4.39 Å². The summed E-state index contributed by atoms with van der Waals surface area (Å²) in [5.74, 6) is -0.617. The molecule has 0 spiro atoms. The standard InChI is InChI=1S/C19H25BrFN3O2/c1-14(18(25)23-7-3-2-4-8-23)22-9-11-24(12-10-22)19(26)16-6-5-15(20)13-17(16)21/h5-6,13-14H,2-4,7-12H2,1H3. The van der Waals surface area contributed by atoms with Crippen LogP contribution in [-0.4, -0.2) is 71.8 Å². The van der Waals surface area contributed by atoms with Crippen molar-refractivity contribution in [3.8, 4) is 0 Å². The molecule has 3 rings (SSSR count). The van der Waals surface area contributed by atoms with E-state index in [9.17, 15) is 14.0 Å². The molecule has 0 aliphatic carbocycles. The molecule has 0 radical (unpaired) electrons. The molecule has 7 heteroatoms. The summed E-state index contributed by atoms with van der Waals surface area (Å²) in [6, 6.07) is 4.32. The van der Waals surface area contributed by atoms with Crippen LogP contribution in [0.1, 0.15) is 36.5 Å². The lowest BCUT2D eigenvalue weighted by atomic mass is 10.1. The van der Waals surface area contributed by atoms with Gasteiger partial charge in [0.05, 0.1) is 11.6 Å². The van der Waals surface area contributed by atoms with E-state index in [0.717, 1.165) is 25.9 Å². The van der Waals surface area contributed by atoms with Crippen LogP contribution in [0.3, 0.4) is 0 Å². The third kappa shape index (κ3) is 4.26. The third-order valence-electron chi connectivity index (χ3n) is 5.34. The van der Waals surface area contributed by atoms with Gasteiger partial charge < -0.3 is 9.80 Å². The minimum absolute atomic E-state index is 0.0964. The van der Waals surface area contributed by atoms with E-state index in [1.165, 1.54) is 18.6 Å². The van der Waals surface area contributed by atoms with Gasteiger partial charge in [0.25, 0.3) is 5.91 Å². The van der Waals surface area contributed by atoms with Gasteiger partial charge >= 0.3 is 0 Å². The fourth-order valence-electron chi connectivity index (χ4n) is 3.68. The molecular formula is C19H25BrFN3O2. The van der Waals surface area contributed by atoms with Gasteiger partial charge in [-0.1, -0.05) is 15.9 Å². The highest BCUT2D eigenvalue weighted by atomic mass is 79.9. The quantitative estimate of drug-likeness (QED) is 0.747. The van der Waals surface area contributed by atoms with Crippen LogP contribution in [0.2, 0.25) is 0 Å². The first-order valence-electron chi connectivity index (χ1n) is 9.24. The third-order valence-corrected chi connectivity index (χ3v) is 5.83. The molecule has 1 aromatic carbocycles. The van der Waals surface area contributed by atoms with Gasteiger partial charge in [0, 0.05) is 43.7 Å². The SMILES string of the molecule is CC(C(=O)N1CCCCC1)N1CCN(C(=O)c2ccc(Br)cc2F)CC1. The van der Waals surface area contributed by atoms with Crippen molar-refractivity contribution < 1.29 is 14.0 Å². The van der Waals surface area contributed by atoms with E-state index in [1.807, 2.05) is 11.8 Å². The highest BCUT2D eigenvalue weighted by Gasteiger charge is 2.31. The van der Waals surface area contributed by atoms with E-state index in [1.54, 1.807) is 11.0 Å². The second-order valence-electron chi connectivity index (χ2n) is 7.01. The van der Waals surface area contributed by atoms with Crippen molar-refractivity contribution in [2.24, 2.45) is 0 Å². The number of rotatable bonds is 3. The normalized spacial score (nSPS) is 20.1. The van der Waals surface area contributed by atoms with E-state index < -0.39 is 5.82 Å². The van der Waals surface area contributed by atoms with Crippen LogP contribution >= 0.6 is 15.9 Å². The van der Waals surface area contributed by atoms with E-state index in [-0.39, 0.29) is 23.4 Å². The summed E-state index contributed by atoms with van der Waals surface area (Å²) in [5, 5.41) is 0. The first kappa shape index (κ1) is 19.3. The van der Waals surface area contributed by atoms with Gasteiger partial charge in [-0.05, 0) is 44.4 Å². The van der Waals surface area contributed by atoms with Crippen LogP contribution in [0.5, 0.6) is 0 Å². The van der Waals surface area contributed by atoms with E-state index in [4.69, 9.17) is 0 Å². The van der Waals surface area contributed by atoms with Crippen molar-refractivity contribution in [2.45, 2.75) is 32.2 Å². The number of likely N-dealkylation sites (tertiary alicyclic amines) is 1. The molecule has 26 heavy (non-hydrogen) atoms. The monoisotopic (exact) mass is 425 g/mol. The molecule has 1 unspecified atom stereocenters. The van der Waals surface area contributed by atoms with Gasteiger partial charge in [0.2, 0.25) is 5.91 Å². The molecule has 142 valence electrons. The van der Waals surface area contributed by atoms with Gasteiger partial charge in [-0.2, -0.15) is 0 Å². The van der Waals surface area contributed by atoms with Crippen molar-refractivity contribution >= 4 is 27.7 Å². The molecule has 0 N–H and O–H groups in total. The van der Waals surface area contributed by atoms with Gasteiger partial charge in [-0.3, -0.25) is 14.5 Å². The summed E-state index contributed by atoms with van der Waals surface area (Å²) in [7, 11) is 0. The first-order valence-corrected chi connectivity index (χ1v) is 10.0. The summed E-state index contributed by atoms with van der Waals surface area (Å²) in [4.78, 5) is 31.0. The Morgan fingerprint density at radius 3 is 2.27 bits per heavy atom. The minimum Gasteiger partial charge on any atom is -0.341 e. The van der Waals surface area contributed by atoms with E-state index in [2.05, 4.69) is 20.8 Å². The molecule has 0 saturated carbocycles.